The van der Waals surface area contributed by atoms with Crippen LogP contribution in [0.25, 0.3) is 11.3 Å². The van der Waals surface area contributed by atoms with Gasteiger partial charge in [0.25, 0.3) is 0 Å². The van der Waals surface area contributed by atoms with Crippen LogP contribution in [0.3, 0.4) is 0 Å². The molecule has 0 radical (unpaired) electrons. The van der Waals surface area contributed by atoms with Crippen molar-refractivity contribution >= 4 is 23.3 Å². The number of piperazine rings is 1. The number of nitrogens with zero attached hydrogens (tertiary/aromatic N) is 5. The van der Waals surface area contributed by atoms with Crippen molar-refractivity contribution in [3.05, 3.63) is 66.3 Å². The summed E-state index contributed by atoms with van der Waals surface area (Å²) in [5.41, 5.74) is 1.54. The van der Waals surface area contributed by atoms with Crippen LogP contribution in [0, 0.1) is 11.8 Å². The summed E-state index contributed by atoms with van der Waals surface area (Å²) in [6, 6.07) is 7.31. The first kappa shape index (κ1) is 22.3. The summed E-state index contributed by atoms with van der Waals surface area (Å²) < 4.78 is 27.7. The van der Waals surface area contributed by atoms with Gasteiger partial charge in [0.1, 0.15) is 17.3 Å². The Bertz CT molecular complexity index is 1160. The van der Waals surface area contributed by atoms with Gasteiger partial charge in [-0.05, 0) is 29.8 Å². The first-order valence-electron chi connectivity index (χ1n) is 10.4. The minimum Gasteiger partial charge on any atom is -0.367 e. The highest BCUT2D eigenvalue weighted by Crippen LogP contribution is 2.22. The maximum atomic E-state index is 14.5. The first-order chi connectivity index (χ1) is 15.9. The smallest absolute Gasteiger partial charge is 0.230 e. The third-order valence-corrected chi connectivity index (χ3v) is 5.37. The standard InChI is InChI=1S/C23H22F2N6O2/c1-15(32)30-6-8-31(9-7-30)18-2-3-21(27-14-18)29-22(33)11-16-10-19(24)23(28-13-16)17-4-5-26-20(25)12-17/h2-5,10,12-14H,6-9,11H2,1H3,(H,27,29,33). The Kier molecular flexibility index (Phi) is 6.53. The third kappa shape index (κ3) is 5.46. The van der Waals surface area contributed by atoms with Crippen LogP contribution in [0.15, 0.2) is 48.9 Å². The normalized spacial score (nSPS) is 13.7. The summed E-state index contributed by atoms with van der Waals surface area (Å²) in [5, 5.41) is 2.69. The number of hydrogen-bond acceptors (Lipinski definition) is 6. The highest BCUT2D eigenvalue weighted by Gasteiger charge is 2.19. The van der Waals surface area contributed by atoms with Crippen LogP contribution in [0.1, 0.15) is 12.5 Å². The Morgan fingerprint density at radius 3 is 2.42 bits per heavy atom. The van der Waals surface area contributed by atoms with Crippen molar-refractivity contribution in [2.24, 2.45) is 0 Å². The number of amides is 2. The molecule has 4 heterocycles. The molecule has 1 N–H and O–H groups in total. The van der Waals surface area contributed by atoms with Crippen LogP contribution in [-0.2, 0) is 16.0 Å². The molecule has 1 saturated heterocycles. The summed E-state index contributed by atoms with van der Waals surface area (Å²) in [5.74, 6) is -1.30. The first-order valence-corrected chi connectivity index (χ1v) is 10.4. The molecule has 0 bridgehead atoms. The lowest BCUT2D eigenvalue weighted by molar-refractivity contribution is -0.129. The van der Waals surface area contributed by atoms with E-state index in [-0.39, 0.29) is 29.5 Å². The van der Waals surface area contributed by atoms with E-state index in [0.717, 1.165) is 11.8 Å². The lowest BCUT2D eigenvalue weighted by Gasteiger charge is -2.35. The van der Waals surface area contributed by atoms with Crippen molar-refractivity contribution in [1.29, 1.82) is 0 Å². The maximum absolute atomic E-state index is 14.5. The van der Waals surface area contributed by atoms with E-state index in [4.69, 9.17) is 0 Å². The number of nitrogens with one attached hydrogen (secondary N) is 1. The Labute approximate surface area is 189 Å². The van der Waals surface area contributed by atoms with Gasteiger partial charge in [-0.1, -0.05) is 0 Å². The van der Waals surface area contributed by atoms with Crippen molar-refractivity contribution < 1.29 is 18.4 Å². The molecule has 4 rings (SSSR count). The average Bonchev–Trinajstić information content (AvgIpc) is 2.79. The summed E-state index contributed by atoms with van der Waals surface area (Å²) in [6.07, 6.45) is 4.19. The number of rotatable bonds is 5. The molecule has 170 valence electrons. The van der Waals surface area contributed by atoms with Crippen LogP contribution in [0.5, 0.6) is 0 Å². The predicted molar refractivity (Wildman–Crippen MR) is 118 cm³/mol. The Hall–Kier alpha value is -3.95. The minimum absolute atomic E-state index is 0.0122. The lowest BCUT2D eigenvalue weighted by atomic mass is 10.1. The van der Waals surface area contributed by atoms with Crippen molar-refractivity contribution in [2.45, 2.75) is 13.3 Å². The molecule has 0 unspecified atom stereocenters. The van der Waals surface area contributed by atoms with Gasteiger partial charge in [-0.3, -0.25) is 14.6 Å². The van der Waals surface area contributed by atoms with Crippen LogP contribution in [0.4, 0.5) is 20.3 Å². The maximum Gasteiger partial charge on any atom is 0.230 e. The molecule has 8 nitrogen and oxygen atoms in total. The number of pyridine rings is 3. The molecule has 0 aromatic carbocycles. The van der Waals surface area contributed by atoms with Gasteiger partial charge in [0.05, 0.1) is 18.3 Å². The van der Waals surface area contributed by atoms with E-state index < -0.39 is 11.8 Å². The molecule has 0 spiro atoms. The van der Waals surface area contributed by atoms with Crippen LogP contribution < -0.4 is 10.2 Å². The van der Waals surface area contributed by atoms with Crippen LogP contribution >= 0.6 is 0 Å². The molecule has 0 atom stereocenters. The van der Waals surface area contributed by atoms with E-state index >= 15 is 0 Å². The van der Waals surface area contributed by atoms with Crippen LogP contribution in [-0.4, -0.2) is 57.8 Å². The molecular weight excluding hydrogens is 430 g/mol. The monoisotopic (exact) mass is 452 g/mol. The molecule has 3 aromatic rings. The van der Waals surface area contributed by atoms with E-state index in [1.54, 1.807) is 24.1 Å². The number of halogens is 2. The highest BCUT2D eigenvalue weighted by molar-refractivity contribution is 5.91. The molecule has 1 aliphatic heterocycles. The third-order valence-electron chi connectivity index (χ3n) is 5.37. The van der Waals surface area contributed by atoms with E-state index in [0.29, 0.717) is 37.6 Å². The zero-order chi connectivity index (χ0) is 23.4. The molecule has 0 aliphatic carbocycles. The predicted octanol–water partition coefficient (Wildman–Crippen LogP) is 2.67. The van der Waals surface area contributed by atoms with Crippen molar-refractivity contribution in [3.8, 4) is 11.3 Å². The topological polar surface area (TPSA) is 91.3 Å². The lowest BCUT2D eigenvalue weighted by Crippen LogP contribution is -2.48. The summed E-state index contributed by atoms with van der Waals surface area (Å²) in [4.78, 5) is 39.5. The number of anilines is 2. The van der Waals surface area contributed by atoms with E-state index in [9.17, 15) is 18.4 Å². The zero-order valence-electron chi connectivity index (χ0n) is 18.0. The van der Waals surface area contributed by atoms with Gasteiger partial charge >= 0.3 is 0 Å². The Balaban J connectivity index is 1.34. The molecule has 10 heteroatoms. The number of carbonyl (C=O) groups excluding carboxylic acids is 2. The second-order valence-electron chi connectivity index (χ2n) is 7.66. The fraction of sp³-hybridized carbons (Fsp3) is 0.261. The number of aromatic nitrogens is 3. The van der Waals surface area contributed by atoms with E-state index in [2.05, 4.69) is 25.2 Å². The van der Waals surface area contributed by atoms with Gasteiger partial charge in [0.15, 0.2) is 0 Å². The van der Waals surface area contributed by atoms with Crippen molar-refractivity contribution in [3.63, 3.8) is 0 Å². The molecular formula is C23H22F2N6O2. The molecule has 33 heavy (non-hydrogen) atoms. The minimum atomic E-state index is -0.728. The van der Waals surface area contributed by atoms with E-state index in [1.807, 2.05) is 6.07 Å². The largest absolute Gasteiger partial charge is 0.367 e. The second kappa shape index (κ2) is 9.68. The molecule has 0 saturated carbocycles. The highest BCUT2D eigenvalue weighted by atomic mass is 19.1. The van der Waals surface area contributed by atoms with Crippen LogP contribution in [0.2, 0.25) is 0 Å². The number of carbonyl (C=O) groups is 2. The van der Waals surface area contributed by atoms with Crippen molar-refractivity contribution in [1.82, 2.24) is 19.9 Å². The van der Waals surface area contributed by atoms with Gasteiger partial charge in [0.2, 0.25) is 17.8 Å². The average molecular weight is 452 g/mol. The van der Waals surface area contributed by atoms with Gasteiger partial charge in [-0.2, -0.15) is 4.39 Å². The summed E-state index contributed by atoms with van der Waals surface area (Å²) in [7, 11) is 0. The molecule has 3 aromatic heterocycles. The quantitative estimate of drug-likeness (QED) is 0.599. The summed E-state index contributed by atoms with van der Waals surface area (Å²) >= 11 is 0. The molecule has 2 amide bonds. The van der Waals surface area contributed by atoms with Gasteiger partial charge in [0, 0.05) is 57.1 Å². The Morgan fingerprint density at radius 2 is 1.79 bits per heavy atom. The molecule has 1 fully saturated rings. The second-order valence-corrected chi connectivity index (χ2v) is 7.66. The summed E-state index contributed by atoms with van der Waals surface area (Å²) in [6.45, 7) is 4.32. The van der Waals surface area contributed by atoms with Gasteiger partial charge in [-0.15, -0.1) is 0 Å². The van der Waals surface area contributed by atoms with Gasteiger partial charge in [-0.25, -0.2) is 14.4 Å². The fourth-order valence-electron chi connectivity index (χ4n) is 3.64. The SMILES string of the molecule is CC(=O)N1CCN(c2ccc(NC(=O)Cc3cnc(-c4ccnc(F)c4)c(F)c3)nc2)CC1. The zero-order valence-corrected chi connectivity index (χ0v) is 18.0. The fourth-order valence-corrected chi connectivity index (χ4v) is 3.64. The van der Waals surface area contributed by atoms with Gasteiger partial charge < -0.3 is 15.1 Å². The Morgan fingerprint density at radius 1 is 1.00 bits per heavy atom. The van der Waals surface area contributed by atoms with Crippen molar-refractivity contribution in [2.75, 3.05) is 36.4 Å². The molecule has 1 aliphatic rings. The van der Waals surface area contributed by atoms with E-state index in [1.165, 1.54) is 24.5 Å². The number of hydrogen-bond donors (Lipinski definition) is 1.